The number of hydrogen-bond acceptors (Lipinski definition) is 3. The number of anilines is 1. The third-order valence-corrected chi connectivity index (χ3v) is 5.31. The van der Waals surface area contributed by atoms with E-state index in [4.69, 9.17) is 11.6 Å². The number of rotatable bonds is 3. The molecule has 0 bridgehead atoms. The fraction of sp³-hybridized carbons (Fsp3) is 0.176. The quantitative estimate of drug-likeness (QED) is 0.726. The van der Waals surface area contributed by atoms with Crippen LogP contribution in [0.2, 0.25) is 5.02 Å². The van der Waals surface area contributed by atoms with Gasteiger partial charge in [-0.15, -0.1) is 4.03 Å². The van der Waals surface area contributed by atoms with E-state index in [1.54, 1.807) is 12.1 Å². The van der Waals surface area contributed by atoms with Crippen LogP contribution in [-0.2, 0) is 0 Å². The number of nitrogens with zero attached hydrogens (tertiary/aromatic N) is 2. The summed E-state index contributed by atoms with van der Waals surface area (Å²) >= 11 is 9.77. The highest BCUT2D eigenvalue weighted by molar-refractivity contribution is 9.07. The standard InChI is InChI=1S/C17H16BrClFN3/c1-11-16(12-7-3-5-9-14(12)20)17(22(2)23(11)18)21-15-10-6-4-8-13(15)19/h3-11,21H,1-2H3. The largest absolute Gasteiger partial charge is 0.339 e. The number of halogens is 3. The molecule has 0 amide bonds. The van der Waals surface area contributed by atoms with E-state index in [1.165, 1.54) is 6.07 Å². The van der Waals surface area contributed by atoms with Gasteiger partial charge in [-0.05, 0) is 25.1 Å². The number of nitrogens with one attached hydrogen (secondary N) is 1. The van der Waals surface area contributed by atoms with E-state index in [-0.39, 0.29) is 11.9 Å². The van der Waals surface area contributed by atoms with Gasteiger partial charge in [-0.1, -0.05) is 41.9 Å². The maximum Gasteiger partial charge on any atom is 0.130 e. The van der Waals surface area contributed by atoms with E-state index in [0.717, 1.165) is 17.1 Å². The van der Waals surface area contributed by atoms with Crippen molar-refractivity contribution in [2.24, 2.45) is 0 Å². The lowest BCUT2D eigenvalue weighted by molar-refractivity contribution is 0.175. The van der Waals surface area contributed by atoms with Crippen molar-refractivity contribution in [3.8, 4) is 0 Å². The van der Waals surface area contributed by atoms with Crippen LogP contribution in [0.5, 0.6) is 0 Å². The van der Waals surface area contributed by atoms with Gasteiger partial charge in [0.2, 0.25) is 0 Å². The maximum atomic E-state index is 14.3. The van der Waals surface area contributed by atoms with Crippen molar-refractivity contribution in [1.82, 2.24) is 9.04 Å². The van der Waals surface area contributed by atoms with Crippen LogP contribution in [-0.4, -0.2) is 22.1 Å². The van der Waals surface area contributed by atoms with E-state index >= 15 is 0 Å². The third-order valence-electron chi connectivity index (χ3n) is 3.89. The SMILES string of the molecule is CC1C(c2ccccc2F)=C(Nc2ccccc2Cl)N(C)N1Br. The second-order valence-corrected chi connectivity index (χ2v) is 6.47. The summed E-state index contributed by atoms with van der Waals surface area (Å²) in [5.41, 5.74) is 2.21. The molecule has 2 aromatic rings. The Morgan fingerprint density at radius 3 is 2.48 bits per heavy atom. The Kier molecular flexibility index (Phi) is 4.62. The van der Waals surface area contributed by atoms with E-state index in [9.17, 15) is 4.39 Å². The van der Waals surface area contributed by atoms with E-state index < -0.39 is 0 Å². The Morgan fingerprint density at radius 2 is 1.78 bits per heavy atom. The van der Waals surface area contributed by atoms with E-state index in [2.05, 4.69) is 21.5 Å². The van der Waals surface area contributed by atoms with Crippen LogP contribution in [0.4, 0.5) is 10.1 Å². The normalized spacial score (nSPS) is 18.7. The average Bonchev–Trinajstić information content (AvgIpc) is 2.75. The highest BCUT2D eigenvalue weighted by Gasteiger charge is 2.35. The summed E-state index contributed by atoms with van der Waals surface area (Å²) in [5, 5.41) is 5.84. The summed E-state index contributed by atoms with van der Waals surface area (Å²) in [7, 11) is 1.90. The number of hydrazine groups is 1. The summed E-state index contributed by atoms with van der Waals surface area (Å²) in [6, 6.07) is 14.2. The van der Waals surface area contributed by atoms with Crippen LogP contribution in [0, 0.1) is 5.82 Å². The molecule has 1 N–H and O–H groups in total. The monoisotopic (exact) mass is 395 g/mol. The summed E-state index contributed by atoms with van der Waals surface area (Å²) in [6.07, 6.45) is 0. The Balaban J connectivity index is 2.11. The molecule has 1 aliphatic rings. The first-order valence-corrected chi connectivity index (χ1v) is 8.28. The van der Waals surface area contributed by atoms with E-state index in [0.29, 0.717) is 10.6 Å². The van der Waals surface area contributed by atoms with Gasteiger partial charge in [0.25, 0.3) is 0 Å². The van der Waals surface area contributed by atoms with Crippen LogP contribution in [0.15, 0.2) is 54.4 Å². The minimum Gasteiger partial charge on any atom is -0.339 e. The average molecular weight is 397 g/mol. The molecule has 0 saturated carbocycles. The number of hydrogen-bond donors (Lipinski definition) is 1. The predicted molar refractivity (Wildman–Crippen MR) is 96.4 cm³/mol. The molecule has 3 nitrogen and oxygen atoms in total. The van der Waals surface area contributed by atoms with Crippen molar-refractivity contribution in [2.75, 3.05) is 12.4 Å². The number of benzene rings is 2. The van der Waals surface area contributed by atoms with Crippen molar-refractivity contribution in [3.63, 3.8) is 0 Å². The topological polar surface area (TPSA) is 18.5 Å². The minimum atomic E-state index is -0.246. The maximum absolute atomic E-state index is 14.3. The van der Waals surface area contributed by atoms with Crippen molar-refractivity contribution < 1.29 is 4.39 Å². The predicted octanol–water partition coefficient (Wildman–Crippen LogP) is 5.12. The van der Waals surface area contributed by atoms with Crippen LogP contribution >= 0.6 is 27.7 Å². The summed E-state index contributed by atoms with van der Waals surface area (Å²) < 4.78 is 16.2. The van der Waals surface area contributed by atoms with Gasteiger partial charge < -0.3 is 5.32 Å². The molecule has 23 heavy (non-hydrogen) atoms. The summed E-state index contributed by atoms with van der Waals surface area (Å²) in [4.78, 5) is 0. The number of para-hydroxylation sites is 1. The molecule has 0 saturated heterocycles. The van der Waals surface area contributed by atoms with Crippen LogP contribution in [0.25, 0.3) is 5.57 Å². The molecule has 1 aliphatic heterocycles. The van der Waals surface area contributed by atoms with Crippen LogP contribution in [0.1, 0.15) is 12.5 Å². The first-order valence-electron chi connectivity index (χ1n) is 7.20. The van der Waals surface area contributed by atoms with Crippen molar-refractivity contribution in [1.29, 1.82) is 0 Å². The Bertz CT molecular complexity index is 765. The van der Waals surface area contributed by atoms with Gasteiger partial charge in [-0.25, -0.2) is 4.39 Å². The molecular formula is C17H16BrClFN3. The Hall–Kier alpha value is -1.56. The second-order valence-electron chi connectivity index (χ2n) is 5.34. The van der Waals surface area contributed by atoms with Crippen molar-refractivity contribution >= 4 is 39.0 Å². The second kappa shape index (κ2) is 6.51. The molecule has 1 unspecified atom stereocenters. The first kappa shape index (κ1) is 16.3. The molecule has 1 atom stereocenters. The van der Waals surface area contributed by atoms with Crippen LogP contribution in [0.3, 0.4) is 0 Å². The molecule has 6 heteroatoms. The fourth-order valence-electron chi connectivity index (χ4n) is 2.70. The van der Waals surface area contributed by atoms with Crippen molar-refractivity contribution in [2.45, 2.75) is 13.0 Å². The highest BCUT2D eigenvalue weighted by Crippen LogP contribution is 2.39. The zero-order chi connectivity index (χ0) is 16.6. The molecule has 120 valence electrons. The van der Waals surface area contributed by atoms with E-state index in [1.807, 2.05) is 53.3 Å². The molecule has 0 fully saturated rings. The lowest BCUT2D eigenvalue weighted by atomic mass is 10.00. The zero-order valence-corrected chi connectivity index (χ0v) is 15.1. The molecule has 3 rings (SSSR count). The van der Waals surface area contributed by atoms with Gasteiger partial charge in [0.05, 0.1) is 16.8 Å². The highest BCUT2D eigenvalue weighted by atomic mass is 79.9. The Labute approximate surface area is 148 Å². The molecule has 0 radical (unpaired) electrons. The van der Waals surface area contributed by atoms with Gasteiger partial charge >= 0.3 is 0 Å². The molecule has 2 aromatic carbocycles. The molecule has 0 aromatic heterocycles. The smallest absolute Gasteiger partial charge is 0.130 e. The third kappa shape index (κ3) is 2.96. The van der Waals surface area contributed by atoms with Gasteiger partial charge in [0.15, 0.2) is 0 Å². The molecule has 0 spiro atoms. The molecule has 0 aliphatic carbocycles. The summed E-state index contributed by atoms with van der Waals surface area (Å²) in [6.45, 7) is 2.01. The van der Waals surface area contributed by atoms with Gasteiger partial charge in [-0.3, -0.25) is 5.01 Å². The lowest BCUT2D eigenvalue weighted by Gasteiger charge is -2.25. The van der Waals surface area contributed by atoms with Gasteiger partial charge in [0, 0.05) is 34.3 Å². The van der Waals surface area contributed by atoms with Crippen LogP contribution < -0.4 is 5.32 Å². The Morgan fingerprint density at radius 1 is 1.13 bits per heavy atom. The summed E-state index contributed by atoms with van der Waals surface area (Å²) in [5.74, 6) is 0.539. The first-order chi connectivity index (χ1) is 11.0. The molecular weight excluding hydrogens is 381 g/mol. The lowest BCUT2D eigenvalue weighted by Crippen LogP contribution is -2.31. The van der Waals surface area contributed by atoms with Gasteiger partial charge in [-0.2, -0.15) is 0 Å². The fourth-order valence-corrected chi connectivity index (χ4v) is 3.25. The van der Waals surface area contributed by atoms with Crippen molar-refractivity contribution in [3.05, 3.63) is 70.8 Å². The molecule has 1 heterocycles. The minimum absolute atomic E-state index is 0.0399. The van der Waals surface area contributed by atoms with Gasteiger partial charge in [0.1, 0.15) is 11.6 Å². The zero-order valence-electron chi connectivity index (χ0n) is 12.7.